The fourth-order valence-electron chi connectivity index (χ4n) is 6.85. The van der Waals surface area contributed by atoms with Crippen molar-refractivity contribution in [3.05, 3.63) is 75.9 Å². The van der Waals surface area contributed by atoms with E-state index >= 15 is 0 Å². The maximum Gasteiger partial charge on any atom is 0.340 e. The summed E-state index contributed by atoms with van der Waals surface area (Å²) >= 11 is 0. The second-order valence-electron chi connectivity index (χ2n) is 15.6. The maximum absolute atomic E-state index is 14.6. The van der Waals surface area contributed by atoms with Crippen LogP contribution < -0.4 is 9.64 Å². The van der Waals surface area contributed by atoms with Crippen molar-refractivity contribution in [1.29, 1.82) is 0 Å². The molecule has 1 fully saturated rings. The standard InChI is InChI=1S/C40H53FN2O4/c1-24(2)45-38(44)37(47-39(6,7)8)35-27(5)42-26(4)34(36(35)43-19-17-40(9,10)18-20-43)30-14-16-33-29(22-30)13-15-31(46-33)23-28-12-11-25(3)21-32(28)41/h11-12,14,16,21-22,24,31,37H,13,15,17-20,23H2,1-10H3/t31-,37?/m0/s1. The molecule has 1 aromatic heterocycles. The van der Waals surface area contributed by atoms with Gasteiger partial charge in [-0.05, 0) is 127 Å². The molecule has 2 aromatic carbocycles. The summed E-state index contributed by atoms with van der Waals surface area (Å²) in [5, 5.41) is 0. The van der Waals surface area contributed by atoms with E-state index in [2.05, 4.69) is 37.8 Å². The number of aryl methyl sites for hydroxylation is 4. The monoisotopic (exact) mass is 644 g/mol. The number of nitrogens with zero attached hydrogens (tertiary/aromatic N) is 2. The second-order valence-corrected chi connectivity index (χ2v) is 15.6. The molecular formula is C40H53FN2O4. The van der Waals surface area contributed by atoms with Crippen molar-refractivity contribution < 1.29 is 23.4 Å². The van der Waals surface area contributed by atoms with Gasteiger partial charge in [-0.25, -0.2) is 9.18 Å². The lowest BCUT2D eigenvalue weighted by molar-refractivity contribution is -0.171. The van der Waals surface area contributed by atoms with Gasteiger partial charge in [0.15, 0.2) is 6.10 Å². The van der Waals surface area contributed by atoms with Gasteiger partial charge in [-0.1, -0.05) is 32.0 Å². The number of ether oxygens (including phenoxy) is 3. The third kappa shape index (κ3) is 8.17. The number of halogens is 1. The number of esters is 1. The summed E-state index contributed by atoms with van der Waals surface area (Å²) in [5.74, 6) is 0.266. The largest absolute Gasteiger partial charge is 0.490 e. The Balaban J connectivity index is 1.59. The van der Waals surface area contributed by atoms with Crippen LogP contribution >= 0.6 is 0 Å². The molecule has 5 rings (SSSR count). The number of rotatable bonds is 8. The Hall–Kier alpha value is -3.45. The van der Waals surface area contributed by atoms with Crippen molar-refractivity contribution in [2.75, 3.05) is 18.0 Å². The van der Waals surface area contributed by atoms with Crippen LogP contribution in [0.4, 0.5) is 10.1 Å². The van der Waals surface area contributed by atoms with E-state index in [0.29, 0.717) is 12.0 Å². The molecule has 3 heterocycles. The molecule has 1 saturated heterocycles. The summed E-state index contributed by atoms with van der Waals surface area (Å²) in [7, 11) is 0. The number of fused-ring (bicyclic) bond motifs is 1. The molecule has 2 aliphatic rings. The minimum absolute atomic E-state index is 0.0884. The highest BCUT2D eigenvalue weighted by Gasteiger charge is 2.38. The molecule has 0 N–H and O–H groups in total. The van der Waals surface area contributed by atoms with Crippen molar-refractivity contribution in [2.24, 2.45) is 5.41 Å². The van der Waals surface area contributed by atoms with Crippen molar-refractivity contribution in [1.82, 2.24) is 4.98 Å². The van der Waals surface area contributed by atoms with Gasteiger partial charge in [0.05, 0.1) is 17.4 Å². The van der Waals surface area contributed by atoms with E-state index in [1.54, 1.807) is 6.07 Å². The zero-order chi connectivity index (χ0) is 34.3. The van der Waals surface area contributed by atoms with Crippen LogP contribution in [-0.4, -0.2) is 41.9 Å². The molecule has 0 radical (unpaired) electrons. The van der Waals surface area contributed by atoms with Crippen molar-refractivity contribution >= 4 is 11.7 Å². The van der Waals surface area contributed by atoms with E-state index in [1.165, 1.54) is 0 Å². The average molecular weight is 645 g/mol. The van der Waals surface area contributed by atoms with E-state index in [1.807, 2.05) is 66.7 Å². The third-order valence-corrected chi connectivity index (χ3v) is 9.35. The number of benzene rings is 2. The van der Waals surface area contributed by atoms with Gasteiger partial charge in [0.2, 0.25) is 0 Å². The first-order valence-electron chi connectivity index (χ1n) is 17.2. The number of anilines is 1. The Labute approximate surface area is 281 Å². The van der Waals surface area contributed by atoms with Crippen LogP contribution in [0.25, 0.3) is 11.1 Å². The highest BCUT2D eigenvalue weighted by molar-refractivity contribution is 5.89. The van der Waals surface area contributed by atoms with Gasteiger partial charge in [-0.3, -0.25) is 4.98 Å². The predicted molar refractivity (Wildman–Crippen MR) is 187 cm³/mol. The van der Waals surface area contributed by atoms with Gasteiger partial charge >= 0.3 is 5.97 Å². The normalized spacial score (nSPS) is 18.5. The van der Waals surface area contributed by atoms with Gasteiger partial charge in [-0.2, -0.15) is 0 Å². The highest BCUT2D eigenvalue weighted by atomic mass is 19.1. The van der Waals surface area contributed by atoms with Crippen LogP contribution in [0.2, 0.25) is 0 Å². The summed E-state index contributed by atoms with van der Waals surface area (Å²) < 4.78 is 33.4. The molecule has 2 atom stereocenters. The number of piperidine rings is 1. The fourth-order valence-corrected chi connectivity index (χ4v) is 6.85. The van der Waals surface area contributed by atoms with Crippen molar-refractivity contribution in [3.8, 4) is 16.9 Å². The van der Waals surface area contributed by atoms with Crippen LogP contribution in [0, 0.1) is 32.0 Å². The summed E-state index contributed by atoms with van der Waals surface area (Å²) in [6.45, 7) is 21.9. The topological polar surface area (TPSA) is 60.9 Å². The van der Waals surface area contributed by atoms with Crippen molar-refractivity contribution in [2.45, 2.75) is 125 Å². The highest BCUT2D eigenvalue weighted by Crippen LogP contribution is 2.46. The van der Waals surface area contributed by atoms with Gasteiger partial charge in [0.25, 0.3) is 0 Å². The fraction of sp³-hybridized carbons (Fsp3) is 0.550. The minimum atomic E-state index is -0.932. The van der Waals surface area contributed by atoms with E-state index in [-0.39, 0.29) is 23.4 Å². The summed E-state index contributed by atoms with van der Waals surface area (Å²) in [4.78, 5) is 21.3. The smallest absolute Gasteiger partial charge is 0.340 e. The zero-order valence-corrected chi connectivity index (χ0v) is 30.1. The molecule has 7 heteroatoms. The molecule has 47 heavy (non-hydrogen) atoms. The molecule has 2 aliphatic heterocycles. The molecule has 0 saturated carbocycles. The lowest BCUT2D eigenvalue weighted by Crippen LogP contribution is -2.39. The van der Waals surface area contributed by atoms with E-state index in [4.69, 9.17) is 19.2 Å². The summed E-state index contributed by atoms with van der Waals surface area (Å²) in [6.07, 6.45) is 2.94. The quantitative estimate of drug-likeness (QED) is 0.228. The zero-order valence-electron chi connectivity index (χ0n) is 30.1. The number of carbonyl (C=O) groups is 1. The van der Waals surface area contributed by atoms with E-state index in [9.17, 15) is 9.18 Å². The molecule has 0 bridgehead atoms. The molecule has 0 aliphatic carbocycles. The Bertz CT molecular complexity index is 1610. The van der Waals surface area contributed by atoms with Gasteiger partial charge in [-0.15, -0.1) is 0 Å². The Morgan fingerprint density at radius 2 is 1.77 bits per heavy atom. The van der Waals surface area contributed by atoms with Crippen LogP contribution in [0.3, 0.4) is 0 Å². The Morgan fingerprint density at radius 3 is 2.40 bits per heavy atom. The van der Waals surface area contributed by atoms with E-state index < -0.39 is 17.7 Å². The average Bonchev–Trinajstić information content (AvgIpc) is 2.96. The third-order valence-electron chi connectivity index (χ3n) is 9.35. The summed E-state index contributed by atoms with van der Waals surface area (Å²) in [6, 6.07) is 11.8. The predicted octanol–water partition coefficient (Wildman–Crippen LogP) is 9.18. The maximum atomic E-state index is 14.6. The number of aromatic nitrogens is 1. The molecule has 0 spiro atoms. The lowest BCUT2D eigenvalue weighted by atomic mass is 9.81. The van der Waals surface area contributed by atoms with Crippen molar-refractivity contribution in [3.63, 3.8) is 0 Å². The second kappa shape index (κ2) is 13.6. The van der Waals surface area contributed by atoms with Gasteiger partial charge < -0.3 is 19.1 Å². The SMILES string of the molecule is Cc1ccc(C[C@@H]2CCc3cc(-c4c(C)nc(C)c(C(OC(C)(C)C)C(=O)OC(C)C)c4N4CCC(C)(C)CC4)ccc3O2)c(F)c1. The van der Waals surface area contributed by atoms with Crippen LogP contribution in [0.1, 0.15) is 107 Å². The molecule has 254 valence electrons. The Morgan fingerprint density at radius 1 is 1.06 bits per heavy atom. The molecular weight excluding hydrogens is 591 g/mol. The number of hydrogen-bond donors (Lipinski definition) is 0. The lowest BCUT2D eigenvalue weighted by Gasteiger charge is -2.41. The first-order chi connectivity index (χ1) is 22.0. The number of hydrogen-bond acceptors (Lipinski definition) is 6. The molecule has 1 unspecified atom stereocenters. The van der Waals surface area contributed by atoms with Gasteiger partial charge in [0.1, 0.15) is 17.7 Å². The first kappa shape index (κ1) is 34.9. The number of carbonyl (C=O) groups excluding carboxylic acids is 1. The first-order valence-corrected chi connectivity index (χ1v) is 17.2. The molecule has 3 aromatic rings. The van der Waals surface area contributed by atoms with Crippen LogP contribution in [0.15, 0.2) is 36.4 Å². The number of pyridine rings is 1. The van der Waals surface area contributed by atoms with Gasteiger partial charge in [0, 0.05) is 42.0 Å². The Kier molecular flexibility index (Phi) is 10.1. The minimum Gasteiger partial charge on any atom is -0.490 e. The van der Waals surface area contributed by atoms with Crippen LogP contribution in [0.5, 0.6) is 5.75 Å². The molecule has 0 amide bonds. The van der Waals surface area contributed by atoms with Crippen LogP contribution in [-0.2, 0) is 27.1 Å². The molecule has 6 nitrogen and oxygen atoms in total. The van der Waals surface area contributed by atoms with E-state index in [0.717, 1.165) is 89.4 Å². The summed E-state index contributed by atoms with van der Waals surface area (Å²) in [5.41, 5.74) is 7.88.